The summed E-state index contributed by atoms with van der Waals surface area (Å²) in [6.07, 6.45) is 2.14. The van der Waals surface area contributed by atoms with Crippen molar-refractivity contribution in [3.63, 3.8) is 0 Å². The lowest BCUT2D eigenvalue weighted by Crippen LogP contribution is -2.38. The summed E-state index contributed by atoms with van der Waals surface area (Å²) in [4.78, 5) is 2.41. The highest BCUT2D eigenvalue weighted by Crippen LogP contribution is 2.32. The highest BCUT2D eigenvalue weighted by molar-refractivity contribution is 5.65. The first-order valence-electron chi connectivity index (χ1n) is 11.4. The molecule has 1 aliphatic rings. The van der Waals surface area contributed by atoms with Crippen molar-refractivity contribution in [2.24, 2.45) is 0 Å². The number of para-hydroxylation sites is 1. The Morgan fingerprint density at radius 3 is 2.21 bits per heavy atom. The second-order valence-corrected chi connectivity index (χ2v) is 8.27. The lowest BCUT2D eigenvalue weighted by molar-refractivity contribution is 0.0270. The van der Waals surface area contributed by atoms with E-state index in [1.807, 2.05) is 41.1 Å². The van der Waals surface area contributed by atoms with E-state index in [1.165, 1.54) is 5.56 Å². The summed E-state index contributed by atoms with van der Waals surface area (Å²) in [5, 5.41) is 5.04. The number of hydrogen-bond acceptors (Lipinski definition) is 3. The maximum Gasteiger partial charge on any atom is 0.101 e. The molecular weight excluding hydrogens is 406 g/mol. The fraction of sp³-hybridized carbons (Fsp3) is 0.207. The van der Waals surface area contributed by atoms with Crippen LogP contribution in [0.5, 0.6) is 0 Å². The van der Waals surface area contributed by atoms with Crippen LogP contribution in [0.4, 0.5) is 0 Å². The van der Waals surface area contributed by atoms with Crippen molar-refractivity contribution in [2.75, 3.05) is 26.3 Å². The Morgan fingerprint density at radius 2 is 1.52 bits per heavy atom. The molecule has 4 heteroatoms. The summed E-state index contributed by atoms with van der Waals surface area (Å²) in [6.45, 7) is 5.23. The quantitative estimate of drug-likeness (QED) is 0.411. The summed E-state index contributed by atoms with van der Waals surface area (Å²) >= 11 is 0. The lowest BCUT2D eigenvalue weighted by atomic mass is 10.00. The molecule has 1 atom stereocenters. The fourth-order valence-corrected chi connectivity index (χ4v) is 4.11. The third-order valence-corrected chi connectivity index (χ3v) is 5.92. The molecule has 1 fully saturated rings. The second kappa shape index (κ2) is 9.87. The van der Waals surface area contributed by atoms with Gasteiger partial charge in [-0.2, -0.15) is 5.10 Å². The average Bonchev–Trinajstić information content (AvgIpc) is 3.32. The standard InChI is InChI=1S/C29H27N3O/c1-23-12-15-25(16-13-23)29-27(22-32(30-29)26-10-6-3-7-11-26)28(31-18-20-33-21-19-31)17-14-24-8-4-2-5-9-24/h2-13,15-16,22,28H,18-21H2,1H3. The molecule has 0 bridgehead atoms. The first-order chi connectivity index (χ1) is 16.3. The molecule has 1 unspecified atom stereocenters. The third-order valence-electron chi connectivity index (χ3n) is 5.92. The van der Waals surface area contributed by atoms with Gasteiger partial charge >= 0.3 is 0 Å². The molecule has 0 aliphatic carbocycles. The monoisotopic (exact) mass is 433 g/mol. The Hall–Kier alpha value is -3.65. The van der Waals surface area contributed by atoms with E-state index in [-0.39, 0.29) is 6.04 Å². The molecule has 3 aromatic carbocycles. The van der Waals surface area contributed by atoms with Gasteiger partial charge in [0.1, 0.15) is 6.04 Å². The first kappa shape index (κ1) is 21.2. The zero-order chi connectivity index (χ0) is 22.5. The van der Waals surface area contributed by atoms with Crippen molar-refractivity contribution in [3.05, 3.63) is 108 Å². The van der Waals surface area contributed by atoms with Crippen LogP contribution in [0.25, 0.3) is 16.9 Å². The van der Waals surface area contributed by atoms with E-state index >= 15 is 0 Å². The van der Waals surface area contributed by atoms with Crippen LogP contribution in [0.1, 0.15) is 22.7 Å². The van der Waals surface area contributed by atoms with Crippen molar-refractivity contribution in [1.82, 2.24) is 14.7 Å². The van der Waals surface area contributed by atoms with Crippen LogP contribution in [0.3, 0.4) is 0 Å². The van der Waals surface area contributed by atoms with Gasteiger partial charge in [-0.3, -0.25) is 4.90 Å². The van der Waals surface area contributed by atoms with Gasteiger partial charge in [-0.15, -0.1) is 0 Å². The molecule has 0 spiro atoms. The van der Waals surface area contributed by atoms with Crippen molar-refractivity contribution >= 4 is 0 Å². The van der Waals surface area contributed by atoms with Crippen LogP contribution < -0.4 is 0 Å². The van der Waals surface area contributed by atoms with Crippen LogP contribution in [0, 0.1) is 18.8 Å². The number of rotatable bonds is 4. The van der Waals surface area contributed by atoms with E-state index < -0.39 is 0 Å². The lowest BCUT2D eigenvalue weighted by Gasteiger charge is -2.31. The van der Waals surface area contributed by atoms with E-state index in [1.54, 1.807) is 0 Å². The smallest absolute Gasteiger partial charge is 0.101 e. The second-order valence-electron chi connectivity index (χ2n) is 8.27. The molecule has 0 amide bonds. The zero-order valence-corrected chi connectivity index (χ0v) is 18.8. The van der Waals surface area contributed by atoms with E-state index in [9.17, 15) is 0 Å². The molecule has 1 aromatic heterocycles. The van der Waals surface area contributed by atoms with Crippen molar-refractivity contribution in [2.45, 2.75) is 13.0 Å². The minimum absolute atomic E-state index is 0.0807. The van der Waals surface area contributed by atoms with Crippen molar-refractivity contribution in [3.8, 4) is 28.8 Å². The van der Waals surface area contributed by atoms with Gasteiger partial charge in [-0.25, -0.2) is 4.68 Å². The molecule has 2 heterocycles. The number of ether oxygens (including phenoxy) is 1. The summed E-state index contributed by atoms with van der Waals surface area (Å²) < 4.78 is 7.61. The van der Waals surface area contributed by atoms with Gasteiger partial charge in [0, 0.05) is 36.0 Å². The Bertz CT molecular complexity index is 1250. The minimum Gasteiger partial charge on any atom is -0.379 e. The van der Waals surface area contributed by atoms with Gasteiger partial charge in [0.25, 0.3) is 0 Å². The topological polar surface area (TPSA) is 30.3 Å². The van der Waals surface area contributed by atoms with E-state index in [4.69, 9.17) is 9.84 Å². The predicted molar refractivity (Wildman–Crippen MR) is 132 cm³/mol. The summed E-state index contributed by atoms with van der Waals surface area (Å²) in [6, 6.07) is 28.9. The number of benzene rings is 3. The molecule has 164 valence electrons. The average molecular weight is 434 g/mol. The number of hydrogen-bond donors (Lipinski definition) is 0. The summed E-state index contributed by atoms with van der Waals surface area (Å²) in [7, 11) is 0. The van der Waals surface area contributed by atoms with E-state index in [2.05, 4.69) is 78.4 Å². The summed E-state index contributed by atoms with van der Waals surface area (Å²) in [5.74, 6) is 6.98. The van der Waals surface area contributed by atoms with Crippen LogP contribution >= 0.6 is 0 Å². The fourth-order valence-electron chi connectivity index (χ4n) is 4.11. The molecular formula is C29H27N3O. The van der Waals surface area contributed by atoms with Gasteiger partial charge in [0.15, 0.2) is 0 Å². The molecule has 5 rings (SSSR count). The SMILES string of the molecule is Cc1ccc(-c2nn(-c3ccccc3)cc2C(C#Cc2ccccc2)N2CCOCC2)cc1. The molecule has 0 N–H and O–H groups in total. The third kappa shape index (κ3) is 4.90. The Kier molecular flexibility index (Phi) is 6.34. The molecule has 0 saturated carbocycles. The molecule has 1 aliphatic heterocycles. The van der Waals surface area contributed by atoms with Crippen LogP contribution in [0.15, 0.2) is 91.1 Å². The van der Waals surface area contributed by atoms with E-state index in [0.29, 0.717) is 0 Å². The van der Waals surface area contributed by atoms with Crippen LogP contribution in [-0.2, 0) is 4.74 Å². The first-order valence-corrected chi connectivity index (χ1v) is 11.4. The molecule has 33 heavy (non-hydrogen) atoms. The number of aromatic nitrogens is 2. The predicted octanol–water partition coefficient (Wildman–Crippen LogP) is 5.27. The molecule has 0 radical (unpaired) electrons. The van der Waals surface area contributed by atoms with Gasteiger partial charge in [-0.05, 0) is 31.2 Å². The van der Waals surface area contributed by atoms with Crippen molar-refractivity contribution < 1.29 is 4.74 Å². The maximum atomic E-state index is 5.64. The molecule has 4 nitrogen and oxygen atoms in total. The number of morpholine rings is 1. The number of nitrogens with zero attached hydrogens (tertiary/aromatic N) is 3. The number of aryl methyl sites for hydroxylation is 1. The van der Waals surface area contributed by atoms with Crippen LogP contribution in [0.2, 0.25) is 0 Å². The minimum atomic E-state index is -0.0807. The Labute approximate surface area is 195 Å². The zero-order valence-electron chi connectivity index (χ0n) is 18.8. The Morgan fingerprint density at radius 1 is 0.848 bits per heavy atom. The van der Waals surface area contributed by atoms with Gasteiger partial charge in [0.2, 0.25) is 0 Å². The van der Waals surface area contributed by atoms with Crippen molar-refractivity contribution in [1.29, 1.82) is 0 Å². The van der Waals surface area contributed by atoms with Crippen LogP contribution in [-0.4, -0.2) is 41.0 Å². The molecule has 4 aromatic rings. The van der Waals surface area contributed by atoms with Gasteiger partial charge in [0.05, 0.1) is 24.6 Å². The van der Waals surface area contributed by atoms with Gasteiger partial charge in [-0.1, -0.05) is 78.1 Å². The van der Waals surface area contributed by atoms with E-state index in [0.717, 1.165) is 54.4 Å². The van der Waals surface area contributed by atoms with Gasteiger partial charge < -0.3 is 4.74 Å². The Balaban J connectivity index is 1.64. The molecule has 1 saturated heterocycles. The largest absolute Gasteiger partial charge is 0.379 e. The highest BCUT2D eigenvalue weighted by atomic mass is 16.5. The normalized spacial score (nSPS) is 14.9. The highest BCUT2D eigenvalue weighted by Gasteiger charge is 2.26. The maximum absolute atomic E-state index is 5.64. The summed E-state index contributed by atoms with van der Waals surface area (Å²) in [5.41, 5.74) is 6.48.